The van der Waals surface area contributed by atoms with Crippen molar-refractivity contribution in [2.45, 2.75) is 25.9 Å². The number of rotatable bonds is 1. The molecule has 2 rings (SSSR count). The van der Waals surface area contributed by atoms with Crippen LogP contribution in [-0.2, 0) is 0 Å². The minimum absolute atomic E-state index is 0.176. The van der Waals surface area contributed by atoms with Crippen LogP contribution >= 0.6 is 0 Å². The summed E-state index contributed by atoms with van der Waals surface area (Å²) in [4.78, 5) is 0. The predicted molar refractivity (Wildman–Crippen MR) is 54.2 cm³/mol. The Labute approximate surface area is 83.1 Å². The van der Waals surface area contributed by atoms with E-state index in [0.29, 0.717) is 0 Å². The van der Waals surface area contributed by atoms with Crippen molar-refractivity contribution >= 4 is 5.69 Å². The molecule has 0 aromatic heterocycles. The molecule has 0 radical (unpaired) electrons. The highest BCUT2D eigenvalue weighted by Gasteiger charge is 2.29. The molecule has 1 heterocycles. The fourth-order valence-corrected chi connectivity index (χ4v) is 1.51. The minimum Gasteiger partial charge on any atom is -0.484 e. The van der Waals surface area contributed by atoms with Crippen molar-refractivity contribution in [2.24, 2.45) is 0 Å². The number of fused-ring (bicyclic) bond motifs is 1. The van der Waals surface area contributed by atoms with Crippen LogP contribution in [0.4, 0.5) is 10.1 Å². The third kappa shape index (κ3) is 1.54. The van der Waals surface area contributed by atoms with Gasteiger partial charge in [-0.05, 0) is 25.5 Å². The summed E-state index contributed by atoms with van der Waals surface area (Å²) < 4.78 is 18.7. The quantitative estimate of drug-likeness (QED) is 0.744. The summed E-state index contributed by atoms with van der Waals surface area (Å²) in [6, 6.07) is 4.55. The lowest BCUT2D eigenvalue weighted by molar-refractivity contribution is 0.0910. The van der Waals surface area contributed by atoms with Crippen molar-refractivity contribution in [3.63, 3.8) is 0 Å². The number of anilines is 1. The van der Waals surface area contributed by atoms with Crippen molar-refractivity contribution in [3.8, 4) is 5.75 Å². The average Bonchev–Trinajstić information content (AvgIpc) is 2.19. The summed E-state index contributed by atoms with van der Waals surface area (Å²) in [5.41, 5.74) is 0.570. The van der Waals surface area contributed by atoms with E-state index in [1.807, 2.05) is 6.92 Å². The van der Waals surface area contributed by atoms with Crippen LogP contribution in [0, 0.1) is 5.82 Å². The van der Waals surface area contributed by atoms with E-state index < -0.39 is 0 Å². The molecule has 1 aromatic carbocycles. The largest absolute Gasteiger partial charge is 0.484 e. The van der Waals surface area contributed by atoms with Gasteiger partial charge in [0.25, 0.3) is 0 Å². The van der Waals surface area contributed by atoms with Gasteiger partial charge in [-0.3, -0.25) is 0 Å². The monoisotopic (exact) mass is 195 g/mol. The highest BCUT2D eigenvalue weighted by molar-refractivity contribution is 5.58. The van der Waals surface area contributed by atoms with Gasteiger partial charge in [-0.2, -0.15) is 0 Å². The van der Waals surface area contributed by atoms with Crippen molar-refractivity contribution in [1.29, 1.82) is 0 Å². The highest BCUT2D eigenvalue weighted by atomic mass is 19.1. The van der Waals surface area contributed by atoms with Crippen LogP contribution in [0.2, 0.25) is 0 Å². The molecule has 0 saturated heterocycles. The second-order valence-corrected chi connectivity index (χ2v) is 3.90. The molecule has 14 heavy (non-hydrogen) atoms. The van der Waals surface area contributed by atoms with Crippen LogP contribution in [0.1, 0.15) is 20.3 Å². The van der Waals surface area contributed by atoms with E-state index in [-0.39, 0.29) is 11.4 Å². The zero-order valence-corrected chi connectivity index (χ0v) is 8.43. The summed E-state index contributed by atoms with van der Waals surface area (Å²) in [6.07, 6.45) is 0.927. The number of hydrogen-bond donors (Lipinski definition) is 1. The summed E-state index contributed by atoms with van der Waals surface area (Å²) in [5.74, 6) is 0.502. The Kier molecular flexibility index (Phi) is 2.10. The lowest BCUT2D eigenvalue weighted by atomic mass is 10.0. The molecular weight excluding hydrogens is 181 g/mol. The van der Waals surface area contributed by atoms with E-state index in [9.17, 15) is 4.39 Å². The summed E-state index contributed by atoms with van der Waals surface area (Å²) in [5, 5.41) is 3.18. The lowest BCUT2D eigenvalue weighted by Gasteiger charge is -2.35. The van der Waals surface area contributed by atoms with Gasteiger partial charge in [0.05, 0.1) is 12.2 Å². The van der Waals surface area contributed by atoms with Gasteiger partial charge in [0, 0.05) is 6.07 Å². The molecule has 0 bridgehead atoms. The topological polar surface area (TPSA) is 21.3 Å². The maximum atomic E-state index is 12.9. The van der Waals surface area contributed by atoms with Crippen LogP contribution in [0.5, 0.6) is 5.75 Å². The average molecular weight is 195 g/mol. The third-order valence-corrected chi connectivity index (χ3v) is 2.70. The Hall–Kier alpha value is -1.25. The zero-order chi connectivity index (χ0) is 10.2. The van der Waals surface area contributed by atoms with Gasteiger partial charge in [-0.15, -0.1) is 0 Å². The molecule has 1 N–H and O–H groups in total. The van der Waals surface area contributed by atoms with Crippen molar-refractivity contribution in [1.82, 2.24) is 0 Å². The van der Waals surface area contributed by atoms with E-state index in [1.54, 1.807) is 6.07 Å². The van der Waals surface area contributed by atoms with Gasteiger partial charge in [0.1, 0.15) is 17.2 Å². The Morgan fingerprint density at radius 2 is 2.36 bits per heavy atom. The Morgan fingerprint density at radius 3 is 3.07 bits per heavy atom. The summed E-state index contributed by atoms with van der Waals surface area (Å²) in [6.45, 7) is 4.85. The standard InChI is InChI=1S/C11H14FNO/c1-3-11(2)7-13-9-6-8(12)4-5-10(9)14-11/h4-6,13H,3,7H2,1-2H3. The van der Waals surface area contributed by atoms with Crippen LogP contribution in [0.25, 0.3) is 0 Å². The second kappa shape index (κ2) is 3.15. The SMILES string of the molecule is CCC1(C)CNc2cc(F)ccc2O1. The first-order valence-electron chi connectivity index (χ1n) is 4.85. The number of nitrogens with one attached hydrogen (secondary N) is 1. The molecule has 2 nitrogen and oxygen atoms in total. The first kappa shape index (κ1) is 9.31. The Balaban J connectivity index is 2.31. The predicted octanol–water partition coefficient (Wildman–Crippen LogP) is 2.80. The van der Waals surface area contributed by atoms with Crippen molar-refractivity contribution in [3.05, 3.63) is 24.0 Å². The third-order valence-electron chi connectivity index (χ3n) is 2.70. The number of benzene rings is 1. The van der Waals surface area contributed by atoms with E-state index in [0.717, 1.165) is 24.4 Å². The smallest absolute Gasteiger partial charge is 0.143 e. The van der Waals surface area contributed by atoms with Gasteiger partial charge in [0.15, 0.2) is 0 Å². The van der Waals surface area contributed by atoms with Gasteiger partial charge < -0.3 is 10.1 Å². The molecule has 76 valence electrons. The van der Waals surface area contributed by atoms with E-state index in [4.69, 9.17) is 4.74 Å². The molecule has 0 fully saturated rings. The van der Waals surface area contributed by atoms with E-state index in [2.05, 4.69) is 12.2 Å². The minimum atomic E-state index is -0.236. The number of halogens is 1. The van der Waals surface area contributed by atoms with Gasteiger partial charge in [0.2, 0.25) is 0 Å². The number of hydrogen-bond acceptors (Lipinski definition) is 2. The van der Waals surface area contributed by atoms with Crippen molar-refractivity contribution < 1.29 is 9.13 Å². The molecule has 1 aliphatic heterocycles. The molecule has 3 heteroatoms. The molecule has 0 aliphatic carbocycles. The van der Waals surface area contributed by atoms with E-state index >= 15 is 0 Å². The Bertz CT molecular complexity index is 353. The summed E-state index contributed by atoms with van der Waals surface area (Å²) in [7, 11) is 0. The normalized spacial score (nSPS) is 24.8. The maximum absolute atomic E-state index is 12.9. The molecule has 1 aromatic rings. The van der Waals surface area contributed by atoms with Crippen molar-refractivity contribution in [2.75, 3.05) is 11.9 Å². The molecule has 0 saturated carbocycles. The highest BCUT2D eigenvalue weighted by Crippen LogP contribution is 2.34. The second-order valence-electron chi connectivity index (χ2n) is 3.90. The maximum Gasteiger partial charge on any atom is 0.143 e. The molecule has 1 aliphatic rings. The molecule has 1 unspecified atom stereocenters. The molecular formula is C11H14FNO. The molecule has 0 spiro atoms. The fraction of sp³-hybridized carbons (Fsp3) is 0.455. The first-order chi connectivity index (χ1) is 6.63. The van der Waals surface area contributed by atoms with Gasteiger partial charge in [-0.1, -0.05) is 6.92 Å². The van der Waals surface area contributed by atoms with Crippen LogP contribution in [-0.4, -0.2) is 12.1 Å². The van der Waals surface area contributed by atoms with Crippen LogP contribution in [0.15, 0.2) is 18.2 Å². The Morgan fingerprint density at radius 1 is 1.57 bits per heavy atom. The lowest BCUT2D eigenvalue weighted by Crippen LogP contribution is -2.42. The summed E-state index contributed by atoms with van der Waals surface area (Å²) >= 11 is 0. The fourth-order valence-electron chi connectivity index (χ4n) is 1.51. The molecule has 0 amide bonds. The van der Waals surface area contributed by atoms with Gasteiger partial charge in [-0.25, -0.2) is 4.39 Å². The first-order valence-corrected chi connectivity index (χ1v) is 4.85. The van der Waals surface area contributed by atoms with E-state index in [1.165, 1.54) is 12.1 Å². The zero-order valence-electron chi connectivity index (χ0n) is 8.43. The van der Waals surface area contributed by atoms with Gasteiger partial charge >= 0.3 is 0 Å². The molecule has 1 atom stereocenters. The van der Waals surface area contributed by atoms with Crippen LogP contribution < -0.4 is 10.1 Å². The van der Waals surface area contributed by atoms with Crippen LogP contribution in [0.3, 0.4) is 0 Å². The number of ether oxygens (including phenoxy) is 1.